The van der Waals surface area contributed by atoms with Crippen LogP contribution in [0.5, 0.6) is 0 Å². The Labute approximate surface area is 118 Å². The quantitative estimate of drug-likeness (QED) is 0.896. The molecule has 0 bridgehead atoms. The van der Waals surface area contributed by atoms with Crippen molar-refractivity contribution >= 4 is 15.9 Å². The molecular weight excluding hydrogens is 278 g/mol. The van der Waals surface area contributed by atoms with E-state index >= 15 is 0 Å². The summed E-state index contributed by atoms with van der Waals surface area (Å²) in [5.74, 6) is 0.0450. The van der Waals surface area contributed by atoms with E-state index < -0.39 is 21.2 Å². The number of benzene rings is 1. The highest BCUT2D eigenvalue weighted by Crippen LogP contribution is 2.40. The maximum absolute atomic E-state index is 12.1. The van der Waals surface area contributed by atoms with Crippen LogP contribution in [-0.4, -0.2) is 33.4 Å². The molecule has 20 heavy (non-hydrogen) atoms. The van der Waals surface area contributed by atoms with E-state index in [1.165, 1.54) is 6.26 Å². The number of fused-ring (bicyclic) bond motifs is 1. The predicted octanol–water partition coefficient (Wildman–Crippen LogP) is 1.44. The second-order valence-corrected chi connectivity index (χ2v) is 7.77. The Hall–Kier alpha value is -1.56. The first kappa shape index (κ1) is 13.4. The number of cyclic esters (lactones) is 1. The molecule has 5 nitrogen and oxygen atoms in total. The third-order valence-corrected chi connectivity index (χ3v) is 5.63. The van der Waals surface area contributed by atoms with Crippen molar-refractivity contribution in [2.45, 2.75) is 24.2 Å². The first-order valence-corrected chi connectivity index (χ1v) is 8.62. The van der Waals surface area contributed by atoms with E-state index in [4.69, 9.17) is 4.74 Å². The van der Waals surface area contributed by atoms with Gasteiger partial charge in [0.2, 0.25) is 0 Å². The summed E-state index contributed by atoms with van der Waals surface area (Å²) in [5, 5.41) is 2.13. The molecule has 108 valence electrons. The number of hydrogen-bond donors (Lipinski definition) is 1. The zero-order valence-electron chi connectivity index (χ0n) is 11.2. The Morgan fingerprint density at radius 2 is 2.05 bits per heavy atom. The van der Waals surface area contributed by atoms with Gasteiger partial charge >= 0.3 is 6.09 Å². The smallest absolute Gasteiger partial charge is 0.407 e. The van der Waals surface area contributed by atoms with Gasteiger partial charge in [0.15, 0.2) is 9.84 Å². The number of rotatable bonds is 2. The third kappa shape index (κ3) is 2.40. The van der Waals surface area contributed by atoms with E-state index in [2.05, 4.69) is 5.32 Å². The van der Waals surface area contributed by atoms with Crippen LogP contribution in [0.3, 0.4) is 0 Å². The van der Waals surface area contributed by atoms with Gasteiger partial charge < -0.3 is 10.1 Å². The molecule has 1 aromatic carbocycles. The van der Waals surface area contributed by atoms with Gasteiger partial charge in [-0.3, -0.25) is 0 Å². The molecule has 3 atom stereocenters. The molecule has 0 saturated carbocycles. The normalized spacial score (nSPS) is 29.4. The maximum atomic E-state index is 12.1. The van der Waals surface area contributed by atoms with Crippen molar-refractivity contribution in [2.75, 3.05) is 12.8 Å². The van der Waals surface area contributed by atoms with Crippen LogP contribution in [0, 0.1) is 5.92 Å². The van der Waals surface area contributed by atoms with E-state index in [0.29, 0.717) is 13.0 Å². The number of hydrogen-bond acceptors (Lipinski definition) is 4. The summed E-state index contributed by atoms with van der Waals surface area (Å²) < 4.78 is 29.3. The van der Waals surface area contributed by atoms with E-state index in [1.54, 1.807) is 0 Å². The van der Waals surface area contributed by atoms with Crippen molar-refractivity contribution < 1.29 is 17.9 Å². The number of ether oxygens (including phenoxy) is 1. The van der Waals surface area contributed by atoms with E-state index in [9.17, 15) is 13.2 Å². The minimum Gasteiger partial charge on any atom is -0.444 e. The number of nitrogens with one attached hydrogen (secondary N) is 1. The molecule has 1 fully saturated rings. The van der Waals surface area contributed by atoms with Crippen LogP contribution in [0.15, 0.2) is 24.3 Å². The topological polar surface area (TPSA) is 72.5 Å². The van der Waals surface area contributed by atoms with Crippen LogP contribution in [0.25, 0.3) is 0 Å². The van der Waals surface area contributed by atoms with E-state index in [0.717, 1.165) is 17.5 Å². The first-order chi connectivity index (χ1) is 9.45. The molecule has 3 rings (SSSR count). The lowest BCUT2D eigenvalue weighted by atomic mass is 9.80. The van der Waals surface area contributed by atoms with E-state index in [-0.39, 0.29) is 12.0 Å². The highest BCUT2D eigenvalue weighted by atomic mass is 32.2. The standard InChI is InChI=1S/C14H17NO4S/c1-20(17,18)13-7-10(12-8-15-14(16)19-12)6-9-4-2-3-5-11(9)13/h2-5,10,12-13H,6-8H2,1H3,(H,15,16)/t10-,12?,13?/m1/s1. The summed E-state index contributed by atoms with van der Waals surface area (Å²) in [6, 6.07) is 7.63. The highest BCUT2D eigenvalue weighted by molar-refractivity contribution is 7.90. The Bertz CT molecular complexity index is 640. The van der Waals surface area contributed by atoms with E-state index in [1.807, 2.05) is 24.3 Å². The Morgan fingerprint density at radius 3 is 2.70 bits per heavy atom. The minimum atomic E-state index is -3.18. The SMILES string of the molecule is CS(=O)(=O)C1C[C@H](C2CNC(=O)O2)Cc2ccccc21. The van der Waals surface area contributed by atoms with Gasteiger partial charge in [0.05, 0.1) is 11.8 Å². The largest absolute Gasteiger partial charge is 0.444 e. The van der Waals surface area contributed by atoms with Crippen molar-refractivity contribution in [3.05, 3.63) is 35.4 Å². The second kappa shape index (κ2) is 4.77. The van der Waals surface area contributed by atoms with Crippen LogP contribution in [0.1, 0.15) is 22.8 Å². The minimum absolute atomic E-state index is 0.0450. The molecule has 1 aliphatic heterocycles. The summed E-state index contributed by atoms with van der Waals surface area (Å²) in [6.45, 7) is 0.460. The molecule has 1 aromatic rings. The van der Waals surface area contributed by atoms with Gasteiger partial charge in [-0.05, 0) is 24.0 Å². The molecular formula is C14H17NO4S. The van der Waals surface area contributed by atoms with Gasteiger partial charge in [0.1, 0.15) is 6.10 Å². The predicted molar refractivity (Wildman–Crippen MR) is 74.1 cm³/mol. The Balaban J connectivity index is 1.94. The Kier molecular flexibility index (Phi) is 3.20. The Morgan fingerprint density at radius 1 is 1.30 bits per heavy atom. The van der Waals surface area contributed by atoms with Gasteiger partial charge in [-0.25, -0.2) is 13.2 Å². The molecule has 1 saturated heterocycles. The molecule has 0 spiro atoms. The fourth-order valence-corrected chi connectivity index (χ4v) is 4.45. The van der Waals surface area contributed by atoms with Crippen molar-refractivity contribution in [3.8, 4) is 0 Å². The molecule has 1 amide bonds. The average molecular weight is 295 g/mol. The molecule has 2 aliphatic rings. The van der Waals surface area contributed by atoms with Gasteiger partial charge in [-0.1, -0.05) is 24.3 Å². The monoisotopic (exact) mass is 295 g/mol. The second-order valence-electron chi connectivity index (χ2n) is 5.54. The zero-order valence-corrected chi connectivity index (χ0v) is 12.0. The van der Waals surface area contributed by atoms with Crippen molar-refractivity contribution in [1.82, 2.24) is 5.32 Å². The lowest BCUT2D eigenvalue weighted by Crippen LogP contribution is -2.33. The summed E-state index contributed by atoms with van der Waals surface area (Å²) in [6.07, 6.45) is 1.89. The van der Waals surface area contributed by atoms with Crippen LogP contribution in [0.4, 0.5) is 4.79 Å². The van der Waals surface area contributed by atoms with Crippen LogP contribution in [0.2, 0.25) is 0 Å². The van der Waals surface area contributed by atoms with Crippen LogP contribution in [-0.2, 0) is 21.0 Å². The summed E-state index contributed by atoms with van der Waals surface area (Å²) >= 11 is 0. The number of amides is 1. The van der Waals surface area contributed by atoms with Crippen molar-refractivity contribution in [3.63, 3.8) is 0 Å². The summed E-state index contributed by atoms with van der Waals surface area (Å²) in [5.41, 5.74) is 1.94. The number of sulfone groups is 1. The molecule has 1 N–H and O–H groups in total. The summed E-state index contributed by atoms with van der Waals surface area (Å²) in [7, 11) is -3.18. The fraction of sp³-hybridized carbons (Fsp3) is 0.500. The highest BCUT2D eigenvalue weighted by Gasteiger charge is 2.39. The molecule has 2 unspecified atom stereocenters. The fourth-order valence-electron chi connectivity index (χ4n) is 3.16. The molecule has 0 aromatic heterocycles. The van der Waals surface area contributed by atoms with Gasteiger partial charge in [-0.2, -0.15) is 0 Å². The van der Waals surface area contributed by atoms with Gasteiger partial charge in [0.25, 0.3) is 0 Å². The maximum Gasteiger partial charge on any atom is 0.407 e. The average Bonchev–Trinajstić information content (AvgIpc) is 2.83. The number of alkyl carbamates (subject to hydrolysis) is 1. The molecule has 1 heterocycles. The van der Waals surface area contributed by atoms with Crippen molar-refractivity contribution in [1.29, 1.82) is 0 Å². The van der Waals surface area contributed by atoms with Crippen molar-refractivity contribution in [2.24, 2.45) is 5.92 Å². The summed E-state index contributed by atoms with van der Waals surface area (Å²) in [4.78, 5) is 11.2. The number of carbonyl (C=O) groups is 1. The molecule has 0 radical (unpaired) electrons. The molecule has 1 aliphatic carbocycles. The zero-order chi connectivity index (χ0) is 14.3. The van der Waals surface area contributed by atoms with Crippen LogP contribution < -0.4 is 5.32 Å². The molecule has 6 heteroatoms. The lowest BCUT2D eigenvalue weighted by Gasteiger charge is -2.32. The lowest BCUT2D eigenvalue weighted by molar-refractivity contribution is 0.0983. The van der Waals surface area contributed by atoms with Gasteiger partial charge in [0, 0.05) is 12.2 Å². The first-order valence-electron chi connectivity index (χ1n) is 6.66. The number of carbonyl (C=O) groups excluding carboxylic acids is 1. The van der Waals surface area contributed by atoms with Crippen LogP contribution >= 0.6 is 0 Å². The third-order valence-electron chi connectivity index (χ3n) is 4.15. The van der Waals surface area contributed by atoms with Gasteiger partial charge in [-0.15, -0.1) is 0 Å².